The number of hydrogen-bond donors (Lipinski definition) is 0. The molecule has 0 saturated carbocycles. The van der Waals surface area contributed by atoms with E-state index in [0.717, 1.165) is 35.5 Å². The fourth-order valence-corrected chi connectivity index (χ4v) is 3.51. The first-order chi connectivity index (χ1) is 10.7. The molecule has 0 atom stereocenters. The predicted molar refractivity (Wildman–Crippen MR) is 93.4 cm³/mol. The molecule has 2 aromatic heterocycles. The summed E-state index contributed by atoms with van der Waals surface area (Å²) in [6.07, 6.45) is 4.58. The number of benzene rings is 1. The monoisotopic (exact) mass is 359 g/mol. The second kappa shape index (κ2) is 5.47. The molecule has 114 valence electrons. The highest BCUT2D eigenvalue weighted by atomic mass is 79.9. The van der Waals surface area contributed by atoms with Crippen LogP contribution in [0.3, 0.4) is 0 Å². The standard InChI is InChI=1S/C17H18BrN3O/c1-22-14-3-4-15-16(10-14)21-11-13(2-5-17(21)19-15)20-8-6-12(18)7-9-20/h2-5,10-12H,6-9H2,1H3. The van der Waals surface area contributed by atoms with E-state index in [1.807, 2.05) is 18.2 Å². The number of aromatic nitrogens is 2. The largest absolute Gasteiger partial charge is 0.497 e. The second-order valence-corrected chi connectivity index (χ2v) is 7.04. The Hall–Kier alpha value is -1.75. The zero-order valence-corrected chi connectivity index (χ0v) is 14.1. The van der Waals surface area contributed by atoms with Crippen molar-refractivity contribution in [3.05, 3.63) is 36.5 Å². The first kappa shape index (κ1) is 13.9. The number of piperidine rings is 1. The maximum Gasteiger partial charge on any atom is 0.138 e. The topological polar surface area (TPSA) is 29.8 Å². The van der Waals surface area contributed by atoms with Gasteiger partial charge in [-0.05, 0) is 37.1 Å². The summed E-state index contributed by atoms with van der Waals surface area (Å²) in [6.45, 7) is 2.19. The Bertz CT molecular complexity index is 821. The molecule has 4 rings (SSSR count). The minimum Gasteiger partial charge on any atom is -0.497 e. The quantitative estimate of drug-likeness (QED) is 0.650. The Morgan fingerprint density at radius 3 is 2.77 bits per heavy atom. The van der Waals surface area contributed by atoms with Crippen LogP contribution in [-0.4, -0.2) is 34.4 Å². The number of fused-ring (bicyclic) bond motifs is 3. The molecule has 0 unspecified atom stereocenters. The highest BCUT2D eigenvalue weighted by molar-refractivity contribution is 9.09. The number of alkyl halides is 1. The minimum atomic E-state index is 0.658. The van der Waals surface area contributed by atoms with Gasteiger partial charge in [0.1, 0.15) is 11.4 Å². The number of nitrogens with zero attached hydrogens (tertiary/aromatic N) is 3. The summed E-state index contributed by atoms with van der Waals surface area (Å²) >= 11 is 3.71. The molecule has 1 fully saturated rings. The SMILES string of the molecule is COc1ccc2nc3ccc(N4CCC(Br)CC4)cn3c2c1. The number of anilines is 1. The van der Waals surface area contributed by atoms with Crippen molar-refractivity contribution < 1.29 is 4.74 Å². The third-order valence-corrected chi connectivity index (χ3v) is 5.29. The summed E-state index contributed by atoms with van der Waals surface area (Å²) < 4.78 is 7.50. The van der Waals surface area contributed by atoms with Crippen LogP contribution >= 0.6 is 15.9 Å². The maximum absolute atomic E-state index is 5.34. The van der Waals surface area contributed by atoms with E-state index in [2.05, 4.69) is 48.5 Å². The number of imidazole rings is 1. The molecular weight excluding hydrogens is 342 g/mol. The average molecular weight is 360 g/mol. The van der Waals surface area contributed by atoms with Gasteiger partial charge in [0.25, 0.3) is 0 Å². The number of rotatable bonds is 2. The Morgan fingerprint density at radius 2 is 2.00 bits per heavy atom. The van der Waals surface area contributed by atoms with E-state index >= 15 is 0 Å². The molecule has 22 heavy (non-hydrogen) atoms. The summed E-state index contributed by atoms with van der Waals surface area (Å²) in [5, 5.41) is 0. The lowest BCUT2D eigenvalue weighted by atomic mass is 10.1. The number of pyridine rings is 1. The summed E-state index contributed by atoms with van der Waals surface area (Å²) in [6, 6.07) is 10.3. The number of hydrogen-bond acceptors (Lipinski definition) is 3. The van der Waals surface area contributed by atoms with Gasteiger partial charge >= 0.3 is 0 Å². The zero-order valence-electron chi connectivity index (χ0n) is 12.5. The molecule has 5 heteroatoms. The smallest absolute Gasteiger partial charge is 0.138 e. The van der Waals surface area contributed by atoms with Gasteiger partial charge in [-0.25, -0.2) is 4.98 Å². The third kappa shape index (κ3) is 2.33. The van der Waals surface area contributed by atoms with Crippen molar-refractivity contribution >= 4 is 38.3 Å². The summed E-state index contributed by atoms with van der Waals surface area (Å²) in [7, 11) is 1.69. The van der Waals surface area contributed by atoms with Crippen LogP contribution in [0.15, 0.2) is 36.5 Å². The maximum atomic E-state index is 5.34. The number of halogens is 1. The summed E-state index contributed by atoms with van der Waals surface area (Å²) in [4.78, 5) is 7.78. The predicted octanol–water partition coefficient (Wildman–Crippen LogP) is 3.86. The van der Waals surface area contributed by atoms with Gasteiger partial charge in [-0.1, -0.05) is 15.9 Å². The van der Waals surface area contributed by atoms with E-state index in [4.69, 9.17) is 4.74 Å². The van der Waals surface area contributed by atoms with Crippen LogP contribution in [0.25, 0.3) is 16.7 Å². The van der Waals surface area contributed by atoms with Gasteiger partial charge in [0, 0.05) is 30.2 Å². The first-order valence-corrected chi connectivity index (χ1v) is 8.51. The van der Waals surface area contributed by atoms with Crippen LogP contribution in [0.5, 0.6) is 5.75 Å². The zero-order chi connectivity index (χ0) is 15.1. The van der Waals surface area contributed by atoms with E-state index in [1.165, 1.54) is 18.5 Å². The molecule has 4 nitrogen and oxygen atoms in total. The molecule has 0 spiro atoms. The number of ether oxygens (including phenoxy) is 1. The Balaban J connectivity index is 1.80. The fraction of sp³-hybridized carbons (Fsp3) is 0.353. The van der Waals surface area contributed by atoms with E-state index in [1.54, 1.807) is 7.11 Å². The van der Waals surface area contributed by atoms with Gasteiger partial charge in [-0.15, -0.1) is 0 Å². The molecule has 0 bridgehead atoms. The molecule has 3 aromatic rings. The average Bonchev–Trinajstić information content (AvgIpc) is 2.92. The molecule has 0 amide bonds. The van der Waals surface area contributed by atoms with Crippen LogP contribution in [0, 0.1) is 0 Å². The van der Waals surface area contributed by atoms with Crippen molar-refractivity contribution in [2.24, 2.45) is 0 Å². The van der Waals surface area contributed by atoms with Crippen LogP contribution in [0.1, 0.15) is 12.8 Å². The number of methoxy groups -OCH3 is 1. The first-order valence-electron chi connectivity index (χ1n) is 7.59. The van der Waals surface area contributed by atoms with Crippen LogP contribution in [0.4, 0.5) is 5.69 Å². The highest BCUT2D eigenvalue weighted by Crippen LogP contribution is 2.27. The molecule has 1 saturated heterocycles. The van der Waals surface area contributed by atoms with E-state index in [0.29, 0.717) is 4.83 Å². The minimum absolute atomic E-state index is 0.658. The van der Waals surface area contributed by atoms with Gasteiger partial charge in [0.2, 0.25) is 0 Å². The van der Waals surface area contributed by atoms with E-state index < -0.39 is 0 Å². The Kier molecular flexibility index (Phi) is 3.45. The van der Waals surface area contributed by atoms with Gasteiger partial charge in [-0.3, -0.25) is 4.40 Å². The molecule has 0 radical (unpaired) electrons. The van der Waals surface area contributed by atoms with Gasteiger partial charge < -0.3 is 9.64 Å². The summed E-state index contributed by atoms with van der Waals surface area (Å²) in [5.41, 5.74) is 4.32. The van der Waals surface area contributed by atoms with Crippen molar-refractivity contribution in [2.75, 3.05) is 25.1 Å². The van der Waals surface area contributed by atoms with Gasteiger partial charge in [0.15, 0.2) is 0 Å². The molecule has 3 heterocycles. The van der Waals surface area contributed by atoms with Crippen molar-refractivity contribution in [3.8, 4) is 5.75 Å². The van der Waals surface area contributed by atoms with Crippen molar-refractivity contribution in [1.29, 1.82) is 0 Å². The molecule has 1 aromatic carbocycles. The lowest BCUT2D eigenvalue weighted by molar-refractivity contribution is 0.415. The lowest BCUT2D eigenvalue weighted by Crippen LogP contribution is -2.33. The van der Waals surface area contributed by atoms with Crippen LogP contribution < -0.4 is 9.64 Å². The lowest BCUT2D eigenvalue weighted by Gasteiger charge is -2.31. The van der Waals surface area contributed by atoms with E-state index in [-0.39, 0.29) is 0 Å². The van der Waals surface area contributed by atoms with Gasteiger partial charge in [-0.2, -0.15) is 0 Å². The molecular formula is C17H18BrN3O. The van der Waals surface area contributed by atoms with Crippen LogP contribution in [-0.2, 0) is 0 Å². The second-order valence-electron chi connectivity index (χ2n) is 5.74. The van der Waals surface area contributed by atoms with Crippen LogP contribution in [0.2, 0.25) is 0 Å². The highest BCUT2D eigenvalue weighted by Gasteiger charge is 2.18. The molecule has 1 aliphatic rings. The molecule has 1 aliphatic heterocycles. The Morgan fingerprint density at radius 1 is 1.18 bits per heavy atom. The van der Waals surface area contributed by atoms with E-state index in [9.17, 15) is 0 Å². The fourth-order valence-electron chi connectivity index (χ4n) is 3.10. The summed E-state index contributed by atoms with van der Waals surface area (Å²) in [5.74, 6) is 0.861. The normalized spacial score (nSPS) is 16.5. The van der Waals surface area contributed by atoms with Crippen molar-refractivity contribution in [3.63, 3.8) is 0 Å². The molecule has 0 N–H and O–H groups in total. The third-order valence-electron chi connectivity index (χ3n) is 4.38. The molecule has 0 aliphatic carbocycles. The van der Waals surface area contributed by atoms with Gasteiger partial charge in [0.05, 0.1) is 23.8 Å². The van der Waals surface area contributed by atoms with Crippen molar-refractivity contribution in [2.45, 2.75) is 17.7 Å². The van der Waals surface area contributed by atoms with Crippen molar-refractivity contribution in [1.82, 2.24) is 9.38 Å². The Labute approximate surface area is 137 Å².